The fourth-order valence-corrected chi connectivity index (χ4v) is 1.85. The van der Waals surface area contributed by atoms with Crippen LogP contribution in [0, 0.1) is 11.3 Å². The molecule has 0 fully saturated rings. The summed E-state index contributed by atoms with van der Waals surface area (Å²) in [5, 5.41) is 20.5. The van der Waals surface area contributed by atoms with Crippen LogP contribution in [0.15, 0.2) is 29.4 Å². The van der Waals surface area contributed by atoms with E-state index in [9.17, 15) is 4.79 Å². The number of carbonyl (C=O) groups excluding carboxylic acids is 1. The Morgan fingerprint density at radius 3 is 2.68 bits per heavy atom. The first-order chi connectivity index (χ1) is 9.13. The van der Waals surface area contributed by atoms with Crippen LogP contribution in [0.25, 0.3) is 0 Å². The largest absolute Gasteiger partial charge is 0.448 e. The van der Waals surface area contributed by atoms with Crippen molar-refractivity contribution in [2.24, 2.45) is 5.16 Å². The van der Waals surface area contributed by atoms with Gasteiger partial charge in [0.25, 0.3) is 0 Å². The number of thiol groups is 1. The third kappa shape index (κ3) is 4.00. The van der Waals surface area contributed by atoms with Crippen molar-refractivity contribution >= 4 is 24.3 Å². The lowest BCUT2D eigenvalue weighted by Crippen LogP contribution is -2.16. The van der Waals surface area contributed by atoms with Gasteiger partial charge < -0.3 is 9.94 Å². The maximum atomic E-state index is 12.0. The SMILES string of the molecule is CCCC(S)OC(=O)c1ccccc1/C(C#N)=N/O. The molecule has 5 nitrogen and oxygen atoms in total. The number of nitriles is 1. The molecule has 0 aliphatic carbocycles. The fourth-order valence-electron chi connectivity index (χ4n) is 1.50. The number of benzene rings is 1. The predicted molar refractivity (Wildman–Crippen MR) is 73.5 cm³/mol. The summed E-state index contributed by atoms with van der Waals surface area (Å²) in [5.74, 6) is -0.597. The minimum absolute atomic E-state index is 0.173. The molecule has 1 aromatic carbocycles. The van der Waals surface area contributed by atoms with Crippen LogP contribution in [0.2, 0.25) is 0 Å². The number of ether oxygens (including phenoxy) is 1. The van der Waals surface area contributed by atoms with Crippen molar-refractivity contribution in [3.05, 3.63) is 35.4 Å². The molecule has 1 unspecified atom stereocenters. The van der Waals surface area contributed by atoms with Crippen LogP contribution in [0.4, 0.5) is 0 Å². The molecule has 0 amide bonds. The van der Waals surface area contributed by atoms with Gasteiger partial charge in [0.2, 0.25) is 0 Å². The number of rotatable bonds is 5. The lowest BCUT2D eigenvalue weighted by molar-refractivity contribution is 0.0450. The Bertz CT molecular complexity index is 523. The zero-order valence-corrected chi connectivity index (χ0v) is 11.3. The summed E-state index contributed by atoms with van der Waals surface area (Å²) < 4.78 is 5.14. The molecule has 6 heteroatoms. The van der Waals surface area contributed by atoms with E-state index in [4.69, 9.17) is 15.2 Å². The molecule has 0 spiro atoms. The smallest absolute Gasteiger partial charge is 0.339 e. The van der Waals surface area contributed by atoms with E-state index in [2.05, 4.69) is 17.8 Å². The van der Waals surface area contributed by atoms with Crippen molar-refractivity contribution < 1.29 is 14.7 Å². The quantitative estimate of drug-likeness (QED) is 0.216. The van der Waals surface area contributed by atoms with Gasteiger partial charge in [-0.05, 0) is 12.5 Å². The first kappa shape index (κ1) is 15.1. The monoisotopic (exact) mass is 278 g/mol. The number of hydrogen-bond acceptors (Lipinski definition) is 6. The molecule has 0 heterocycles. The van der Waals surface area contributed by atoms with Gasteiger partial charge >= 0.3 is 5.97 Å². The predicted octanol–water partition coefficient (Wildman–Crippen LogP) is 2.60. The van der Waals surface area contributed by atoms with Crippen LogP contribution in [-0.2, 0) is 4.74 Å². The highest BCUT2D eigenvalue weighted by Crippen LogP contribution is 2.15. The van der Waals surface area contributed by atoms with Gasteiger partial charge in [0, 0.05) is 5.56 Å². The molecule has 0 saturated carbocycles. The second-order valence-electron chi connectivity index (χ2n) is 3.75. The number of nitrogens with zero attached hydrogens (tertiary/aromatic N) is 2. The van der Waals surface area contributed by atoms with E-state index >= 15 is 0 Å². The fraction of sp³-hybridized carbons (Fsp3) is 0.308. The van der Waals surface area contributed by atoms with Gasteiger partial charge in [0.05, 0.1) is 5.56 Å². The average Bonchev–Trinajstić information content (AvgIpc) is 2.41. The maximum Gasteiger partial charge on any atom is 0.339 e. The first-order valence-electron chi connectivity index (χ1n) is 5.74. The van der Waals surface area contributed by atoms with Crippen LogP contribution >= 0.6 is 12.6 Å². The summed E-state index contributed by atoms with van der Waals surface area (Å²) in [6, 6.07) is 8.01. The van der Waals surface area contributed by atoms with E-state index in [0.29, 0.717) is 6.42 Å². The molecule has 0 aromatic heterocycles. The number of hydrogen-bond donors (Lipinski definition) is 2. The number of esters is 1. The normalized spacial score (nSPS) is 12.6. The molecular weight excluding hydrogens is 264 g/mol. The third-order valence-corrected chi connectivity index (χ3v) is 2.75. The molecule has 1 atom stereocenters. The zero-order valence-electron chi connectivity index (χ0n) is 10.4. The van der Waals surface area contributed by atoms with E-state index in [-0.39, 0.29) is 16.8 Å². The van der Waals surface area contributed by atoms with E-state index in [1.165, 1.54) is 12.1 Å². The van der Waals surface area contributed by atoms with Crippen molar-refractivity contribution in [2.75, 3.05) is 0 Å². The van der Waals surface area contributed by atoms with E-state index in [0.717, 1.165) is 6.42 Å². The average molecular weight is 278 g/mol. The van der Waals surface area contributed by atoms with Gasteiger partial charge in [0.1, 0.15) is 11.5 Å². The Morgan fingerprint density at radius 1 is 1.53 bits per heavy atom. The van der Waals surface area contributed by atoms with Gasteiger partial charge in [-0.3, -0.25) is 0 Å². The molecule has 0 radical (unpaired) electrons. The Kier molecular flexibility index (Phi) is 5.90. The summed E-state index contributed by atoms with van der Waals surface area (Å²) in [4.78, 5) is 12.0. The second kappa shape index (κ2) is 7.44. The minimum atomic E-state index is -0.597. The van der Waals surface area contributed by atoms with Crippen LogP contribution < -0.4 is 0 Å². The van der Waals surface area contributed by atoms with Crippen LogP contribution in [0.1, 0.15) is 35.7 Å². The van der Waals surface area contributed by atoms with E-state index < -0.39 is 11.4 Å². The van der Waals surface area contributed by atoms with Crippen LogP contribution in [0.3, 0.4) is 0 Å². The summed E-state index contributed by atoms with van der Waals surface area (Å²) in [7, 11) is 0. The molecule has 0 aliphatic heterocycles. The van der Waals surface area contributed by atoms with E-state index in [1.807, 2.05) is 6.92 Å². The minimum Gasteiger partial charge on any atom is -0.448 e. The lowest BCUT2D eigenvalue weighted by Gasteiger charge is -2.12. The molecule has 0 bridgehead atoms. The molecular formula is C13H14N2O3S. The summed E-state index contributed by atoms with van der Waals surface area (Å²) in [5.41, 5.74) is -0.331. The van der Waals surface area contributed by atoms with Crippen molar-refractivity contribution in [1.29, 1.82) is 5.26 Å². The van der Waals surface area contributed by atoms with Gasteiger partial charge in [-0.2, -0.15) is 5.26 Å². The molecule has 100 valence electrons. The third-order valence-electron chi connectivity index (χ3n) is 2.39. The van der Waals surface area contributed by atoms with Crippen molar-refractivity contribution in [1.82, 2.24) is 0 Å². The van der Waals surface area contributed by atoms with Crippen molar-refractivity contribution in [3.8, 4) is 6.07 Å². The molecule has 1 rings (SSSR count). The molecule has 0 saturated heterocycles. The topological polar surface area (TPSA) is 82.7 Å². The van der Waals surface area contributed by atoms with Crippen molar-refractivity contribution in [3.63, 3.8) is 0 Å². The Morgan fingerprint density at radius 2 is 2.16 bits per heavy atom. The van der Waals surface area contributed by atoms with Crippen LogP contribution in [-0.4, -0.2) is 22.3 Å². The summed E-state index contributed by atoms with van der Waals surface area (Å²) in [6.45, 7) is 1.96. The lowest BCUT2D eigenvalue weighted by atomic mass is 10.0. The van der Waals surface area contributed by atoms with Gasteiger partial charge in [-0.25, -0.2) is 4.79 Å². The highest BCUT2D eigenvalue weighted by atomic mass is 32.1. The first-order valence-corrected chi connectivity index (χ1v) is 6.26. The Labute approximate surface area is 116 Å². The highest BCUT2D eigenvalue weighted by molar-refractivity contribution is 7.80. The number of oxime groups is 1. The highest BCUT2D eigenvalue weighted by Gasteiger charge is 2.18. The zero-order chi connectivity index (χ0) is 14.3. The summed E-state index contributed by atoms with van der Waals surface area (Å²) >= 11 is 4.14. The molecule has 1 N–H and O–H groups in total. The molecule has 0 aliphatic rings. The van der Waals surface area contributed by atoms with E-state index in [1.54, 1.807) is 18.2 Å². The van der Waals surface area contributed by atoms with Gasteiger partial charge in [0.15, 0.2) is 5.71 Å². The van der Waals surface area contributed by atoms with Crippen molar-refractivity contribution in [2.45, 2.75) is 25.2 Å². The Hall–Kier alpha value is -2.00. The number of carbonyl (C=O) groups is 1. The van der Waals surface area contributed by atoms with Gasteiger partial charge in [-0.1, -0.05) is 36.7 Å². The molecule has 19 heavy (non-hydrogen) atoms. The second-order valence-corrected chi connectivity index (χ2v) is 4.33. The maximum absolute atomic E-state index is 12.0. The molecule has 1 aromatic rings. The summed E-state index contributed by atoms with van der Waals surface area (Å²) in [6.07, 6.45) is 1.47. The Balaban J connectivity index is 3.01. The van der Waals surface area contributed by atoms with Gasteiger partial charge in [-0.15, -0.1) is 12.6 Å². The standard InChI is InChI=1S/C13H14N2O3S/c1-2-5-12(19)18-13(16)10-7-4-3-6-9(10)11(8-14)15-17/h3-4,6-7,12,17,19H,2,5H2,1H3/b15-11+. The van der Waals surface area contributed by atoms with Crippen LogP contribution in [0.5, 0.6) is 0 Å².